The molecule has 10 heteroatoms. The van der Waals surface area contributed by atoms with Gasteiger partial charge < -0.3 is 35.1 Å². The van der Waals surface area contributed by atoms with Crippen LogP contribution in [0.25, 0.3) is 11.0 Å². The maximum Gasteiger partial charge on any atom is 0.326 e. The maximum atomic E-state index is 12.8. The van der Waals surface area contributed by atoms with Crippen LogP contribution in [-0.2, 0) is 16.1 Å². The standard InChI is InChI=1S/C33H39N5O5/c1-2-34-32(40)35-25-7-5-6-24(18-25)31-42-27(19-30(43-31)23-12-10-22(21-39)11-13-23)20-37-16-14-26(15-17-37)38-29-9-4-3-8-28(29)36-33(38)41/h3-13,18,26-27,30-31,39H,2,14-17,19-21H2,1H3,(H,36,41)(H2,34,35,40)/t27-,30+,31+/m0/s1. The number of para-hydroxylation sites is 2. The second-order valence-electron chi connectivity index (χ2n) is 11.3. The molecule has 0 saturated carbocycles. The molecule has 2 amide bonds. The monoisotopic (exact) mass is 585 g/mol. The van der Waals surface area contributed by atoms with Gasteiger partial charge in [0, 0.05) is 49.9 Å². The molecule has 4 N–H and O–H groups in total. The average Bonchev–Trinajstić information content (AvgIpc) is 3.37. The summed E-state index contributed by atoms with van der Waals surface area (Å²) < 4.78 is 15.0. The van der Waals surface area contributed by atoms with E-state index in [0.717, 1.165) is 60.2 Å². The first-order chi connectivity index (χ1) is 21.0. The lowest BCUT2D eigenvalue weighted by Crippen LogP contribution is -2.43. The number of imidazole rings is 1. The number of rotatable bonds is 8. The Kier molecular flexibility index (Phi) is 8.90. The van der Waals surface area contributed by atoms with E-state index in [-0.39, 0.29) is 36.6 Å². The molecule has 3 heterocycles. The Bertz CT molecular complexity index is 1590. The molecule has 0 spiro atoms. The zero-order valence-corrected chi connectivity index (χ0v) is 24.4. The van der Waals surface area contributed by atoms with Crippen molar-refractivity contribution in [2.75, 3.05) is 31.5 Å². The van der Waals surface area contributed by atoms with Crippen LogP contribution < -0.4 is 16.3 Å². The predicted octanol–water partition coefficient (Wildman–Crippen LogP) is 4.85. The van der Waals surface area contributed by atoms with E-state index >= 15 is 0 Å². The molecule has 1 aromatic heterocycles. The number of hydrogen-bond donors (Lipinski definition) is 4. The van der Waals surface area contributed by atoms with Crippen molar-refractivity contribution in [2.45, 2.75) is 57.3 Å². The lowest BCUT2D eigenvalue weighted by Gasteiger charge is -2.40. The van der Waals surface area contributed by atoms with Gasteiger partial charge in [-0.05, 0) is 55.2 Å². The largest absolute Gasteiger partial charge is 0.392 e. The van der Waals surface area contributed by atoms with Crippen LogP contribution in [0.3, 0.4) is 0 Å². The summed E-state index contributed by atoms with van der Waals surface area (Å²) in [5.41, 5.74) is 5.16. The molecule has 0 bridgehead atoms. The highest BCUT2D eigenvalue weighted by Gasteiger charge is 2.34. The molecule has 0 radical (unpaired) electrons. The van der Waals surface area contributed by atoms with E-state index in [9.17, 15) is 14.7 Å². The number of anilines is 1. The lowest BCUT2D eigenvalue weighted by molar-refractivity contribution is -0.253. The number of carbonyl (C=O) groups is 1. The van der Waals surface area contributed by atoms with Crippen LogP contribution in [0.15, 0.2) is 77.6 Å². The minimum atomic E-state index is -0.611. The van der Waals surface area contributed by atoms with Gasteiger partial charge in [-0.15, -0.1) is 0 Å². The Labute approximate surface area is 250 Å². The molecule has 2 fully saturated rings. The third kappa shape index (κ3) is 6.67. The van der Waals surface area contributed by atoms with Crippen molar-refractivity contribution in [3.05, 3.63) is 100.0 Å². The number of nitrogens with one attached hydrogen (secondary N) is 3. The molecule has 2 aliphatic rings. The number of nitrogens with zero attached hydrogens (tertiary/aromatic N) is 2. The second-order valence-corrected chi connectivity index (χ2v) is 11.3. The van der Waals surface area contributed by atoms with Crippen molar-refractivity contribution < 1.29 is 19.4 Å². The number of amides is 2. The Balaban J connectivity index is 1.17. The fourth-order valence-electron chi connectivity index (χ4n) is 6.22. The Morgan fingerprint density at radius 3 is 2.56 bits per heavy atom. The van der Waals surface area contributed by atoms with E-state index in [1.807, 2.05) is 84.3 Å². The molecule has 226 valence electrons. The molecule has 6 rings (SSSR count). The Morgan fingerprint density at radius 1 is 1.00 bits per heavy atom. The summed E-state index contributed by atoms with van der Waals surface area (Å²) in [5, 5.41) is 15.1. The first kappa shape index (κ1) is 29.1. The smallest absolute Gasteiger partial charge is 0.326 e. The van der Waals surface area contributed by atoms with Crippen molar-refractivity contribution in [1.82, 2.24) is 19.8 Å². The molecular weight excluding hydrogens is 546 g/mol. The third-order valence-electron chi connectivity index (χ3n) is 8.38. The van der Waals surface area contributed by atoms with Crippen molar-refractivity contribution in [3.8, 4) is 0 Å². The third-order valence-corrected chi connectivity index (χ3v) is 8.38. The quantitative estimate of drug-likeness (QED) is 0.235. The summed E-state index contributed by atoms with van der Waals surface area (Å²) >= 11 is 0. The molecule has 2 saturated heterocycles. The molecule has 4 aromatic rings. The minimum absolute atomic E-state index is 0.00775. The first-order valence-corrected chi connectivity index (χ1v) is 15.1. The first-order valence-electron chi connectivity index (χ1n) is 15.1. The van der Waals surface area contributed by atoms with E-state index in [2.05, 4.69) is 20.5 Å². The number of fused-ring (bicyclic) bond motifs is 1. The van der Waals surface area contributed by atoms with Crippen LogP contribution >= 0.6 is 0 Å². The van der Waals surface area contributed by atoms with Crippen LogP contribution in [0, 0.1) is 0 Å². The second kappa shape index (κ2) is 13.1. The van der Waals surface area contributed by atoms with Gasteiger partial charge in [-0.25, -0.2) is 9.59 Å². The molecule has 2 aliphatic heterocycles. The molecule has 0 unspecified atom stereocenters. The zero-order chi connectivity index (χ0) is 29.8. The van der Waals surface area contributed by atoms with E-state index in [1.165, 1.54) is 0 Å². The molecule has 10 nitrogen and oxygen atoms in total. The predicted molar refractivity (Wildman–Crippen MR) is 165 cm³/mol. The van der Waals surface area contributed by atoms with Crippen LogP contribution in [0.5, 0.6) is 0 Å². The number of ether oxygens (including phenoxy) is 2. The molecule has 0 aliphatic carbocycles. The number of H-pyrrole nitrogens is 1. The maximum absolute atomic E-state index is 12.8. The highest BCUT2D eigenvalue weighted by molar-refractivity contribution is 5.89. The van der Waals surface area contributed by atoms with Crippen LogP contribution in [0.2, 0.25) is 0 Å². The summed E-state index contributed by atoms with van der Waals surface area (Å²) in [6.45, 7) is 4.88. The number of urea groups is 1. The van der Waals surface area contributed by atoms with Gasteiger partial charge in [0.25, 0.3) is 0 Å². The van der Waals surface area contributed by atoms with Gasteiger partial charge in [0.2, 0.25) is 0 Å². The van der Waals surface area contributed by atoms with Crippen LogP contribution in [0.1, 0.15) is 61.3 Å². The van der Waals surface area contributed by atoms with Crippen LogP contribution in [0.4, 0.5) is 10.5 Å². The van der Waals surface area contributed by atoms with Gasteiger partial charge in [0.15, 0.2) is 6.29 Å². The summed E-state index contributed by atoms with van der Waals surface area (Å²) in [6, 6.07) is 23.2. The van der Waals surface area contributed by atoms with Crippen LogP contribution in [-0.4, -0.2) is 57.9 Å². The fraction of sp³-hybridized carbons (Fsp3) is 0.394. The molecule has 43 heavy (non-hydrogen) atoms. The van der Waals surface area contributed by atoms with E-state index in [1.54, 1.807) is 0 Å². The number of likely N-dealkylation sites (tertiary alicyclic amines) is 1. The molecular formula is C33H39N5O5. The average molecular weight is 586 g/mol. The van der Waals surface area contributed by atoms with Crippen molar-refractivity contribution in [3.63, 3.8) is 0 Å². The van der Waals surface area contributed by atoms with Gasteiger partial charge >= 0.3 is 11.7 Å². The van der Waals surface area contributed by atoms with Crippen molar-refractivity contribution >= 4 is 22.8 Å². The van der Waals surface area contributed by atoms with Gasteiger partial charge in [-0.2, -0.15) is 0 Å². The highest BCUT2D eigenvalue weighted by atomic mass is 16.7. The van der Waals surface area contributed by atoms with E-state index < -0.39 is 6.29 Å². The lowest BCUT2D eigenvalue weighted by atomic mass is 9.98. The number of hydrogen-bond acceptors (Lipinski definition) is 6. The summed E-state index contributed by atoms with van der Waals surface area (Å²) in [7, 11) is 0. The Hall–Kier alpha value is -3.96. The number of aliphatic hydroxyl groups excluding tert-OH is 1. The number of carbonyl (C=O) groups excluding carboxylic acids is 1. The van der Waals surface area contributed by atoms with E-state index in [4.69, 9.17) is 9.47 Å². The molecule has 3 aromatic carbocycles. The minimum Gasteiger partial charge on any atom is -0.392 e. The normalized spacial score (nSPS) is 21.6. The highest BCUT2D eigenvalue weighted by Crippen LogP contribution is 2.39. The number of benzene rings is 3. The molecule has 3 atom stereocenters. The summed E-state index contributed by atoms with van der Waals surface area (Å²) in [5.74, 6) is 0. The fourth-order valence-corrected chi connectivity index (χ4v) is 6.22. The van der Waals surface area contributed by atoms with Crippen molar-refractivity contribution in [2.24, 2.45) is 0 Å². The van der Waals surface area contributed by atoms with E-state index in [0.29, 0.717) is 18.7 Å². The van der Waals surface area contributed by atoms with Gasteiger partial charge in [0.1, 0.15) is 0 Å². The van der Waals surface area contributed by atoms with Crippen molar-refractivity contribution in [1.29, 1.82) is 0 Å². The van der Waals surface area contributed by atoms with Gasteiger partial charge in [-0.3, -0.25) is 4.57 Å². The number of aliphatic hydroxyl groups is 1. The zero-order valence-electron chi connectivity index (χ0n) is 24.4. The number of aromatic amines is 1. The SMILES string of the molecule is CCNC(=O)Nc1cccc([C@@H]2O[C@H](CN3CCC(n4c(=O)[nH]c5ccccc54)CC3)C[C@H](c3ccc(CO)cc3)O2)c1. The number of piperidine rings is 1. The van der Waals surface area contributed by atoms with Gasteiger partial charge in [0.05, 0.1) is 29.8 Å². The van der Waals surface area contributed by atoms with Gasteiger partial charge in [-0.1, -0.05) is 48.5 Å². The Morgan fingerprint density at radius 2 is 1.79 bits per heavy atom. The topological polar surface area (TPSA) is 121 Å². The summed E-state index contributed by atoms with van der Waals surface area (Å²) in [4.78, 5) is 30.3. The number of aromatic nitrogens is 2. The summed E-state index contributed by atoms with van der Waals surface area (Å²) in [6.07, 6.45) is 1.56.